The van der Waals surface area contributed by atoms with Crippen molar-refractivity contribution in [3.8, 4) is 0 Å². The second kappa shape index (κ2) is 5.89. The number of nitrogens with one attached hydrogen (secondary N) is 1. The van der Waals surface area contributed by atoms with Crippen molar-refractivity contribution >= 4 is 26.9 Å². The quantitative estimate of drug-likeness (QED) is 0.819. The average molecular weight is 310 g/mol. The van der Waals surface area contributed by atoms with Crippen LogP contribution in [0.3, 0.4) is 0 Å². The zero-order chi connectivity index (χ0) is 13.1. The molecule has 0 aliphatic carbocycles. The molecule has 2 rings (SSSR count). The first-order chi connectivity index (χ1) is 8.67. The number of halogens is 1. The van der Waals surface area contributed by atoms with E-state index in [2.05, 4.69) is 54.2 Å². The van der Waals surface area contributed by atoms with Gasteiger partial charge in [0.2, 0.25) is 0 Å². The van der Waals surface area contributed by atoms with Crippen LogP contribution >= 0.6 is 15.9 Å². The molecule has 0 radical (unpaired) electrons. The molecule has 0 saturated heterocycles. The Bertz CT molecular complexity index is 545. The SMILES string of the molecule is CCCNCc1oc2c(C)cc(Br)cc2c1CC. The molecule has 0 unspecified atom stereocenters. The Morgan fingerprint density at radius 2 is 2.06 bits per heavy atom. The fourth-order valence-electron chi connectivity index (χ4n) is 2.33. The third-order valence-electron chi connectivity index (χ3n) is 3.19. The lowest BCUT2D eigenvalue weighted by atomic mass is 10.1. The van der Waals surface area contributed by atoms with Crippen LogP contribution in [0.1, 0.15) is 37.2 Å². The summed E-state index contributed by atoms with van der Waals surface area (Å²) in [5, 5.41) is 4.66. The number of rotatable bonds is 5. The second-order valence-corrected chi connectivity index (χ2v) is 5.55. The van der Waals surface area contributed by atoms with E-state index in [1.165, 1.54) is 16.5 Å². The second-order valence-electron chi connectivity index (χ2n) is 4.63. The molecule has 0 atom stereocenters. The maximum absolute atomic E-state index is 6.04. The minimum atomic E-state index is 0.822. The van der Waals surface area contributed by atoms with Gasteiger partial charge < -0.3 is 9.73 Å². The molecule has 1 aromatic heterocycles. The Kier molecular flexibility index (Phi) is 4.46. The van der Waals surface area contributed by atoms with Gasteiger partial charge in [-0.3, -0.25) is 0 Å². The molecule has 0 bridgehead atoms. The third kappa shape index (κ3) is 2.62. The van der Waals surface area contributed by atoms with E-state index in [4.69, 9.17) is 4.42 Å². The molecule has 0 spiro atoms. The van der Waals surface area contributed by atoms with Crippen LogP contribution in [0.5, 0.6) is 0 Å². The van der Waals surface area contributed by atoms with Crippen molar-refractivity contribution < 1.29 is 4.42 Å². The number of hydrogen-bond acceptors (Lipinski definition) is 2. The largest absolute Gasteiger partial charge is 0.459 e. The van der Waals surface area contributed by atoms with Crippen molar-refractivity contribution in [2.24, 2.45) is 0 Å². The number of furan rings is 1. The summed E-state index contributed by atoms with van der Waals surface area (Å²) < 4.78 is 7.16. The van der Waals surface area contributed by atoms with E-state index < -0.39 is 0 Å². The topological polar surface area (TPSA) is 25.2 Å². The Balaban J connectivity index is 2.44. The van der Waals surface area contributed by atoms with Gasteiger partial charge in [0.15, 0.2) is 0 Å². The zero-order valence-corrected chi connectivity index (χ0v) is 12.9. The van der Waals surface area contributed by atoms with Crippen molar-refractivity contribution in [3.05, 3.63) is 33.5 Å². The highest BCUT2D eigenvalue weighted by Crippen LogP contribution is 2.31. The molecule has 98 valence electrons. The summed E-state index contributed by atoms with van der Waals surface area (Å²) in [4.78, 5) is 0. The molecule has 0 fully saturated rings. The van der Waals surface area contributed by atoms with E-state index in [1.807, 2.05) is 0 Å². The van der Waals surface area contributed by atoms with E-state index in [9.17, 15) is 0 Å². The van der Waals surface area contributed by atoms with Gasteiger partial charge in [-0.15, -0.1) is 0 Å². The van der Waals surface area contributed by atoms with Gasteiger partial charge in [0.05, 0.1) is 6.54 Å². The van der Waals surface area contributed by atoms with Crippen LogP contribution in [0.25, 0.3) is 11.0 Å². The molecule has 1 heterocycles. The maximum atomic E-state index is 6.04. The molecule has 0 amide bonds. The first kappa shape index (κ1) is 13.6. The molecule has 1 aromatic carbocycles. The fraction of sp³-hybridized carbons (Fsp3) is 0.467. The van der Waals surface area contributed by atoms with Gasteiger partial charge >= 0.3 is 0 Å². The van der Waals surface area contributed by atoms with Crippen LogP contribution in [0.15, 0.2) is 21.0 Å². The van der Waals surface area contributed by atoms with Crippen molar-refractivity contribution in [1.29, 1.82) is 0 Å². The summed E-state index contributed by atoms with van der Waals surface area (Å²) in [6, 6.07) is 4.27. The average Bonchev–Trinajstić information content (AvgIpc) is 2.67. The fourth-order valence-corrected chi connectivity index (χ4v) is 2.91. The predicted molar refractivity (Wildman–Crippen MR) is 80.0 cm³/mol. The standard InChI is InChI=1S/C15H20BrNO/c1-4-6-17-9-14-12(5-2)13-8-11(16)7-10(3)15(13)18-14/h7-8,17H,4-6,9H2,1-3H3. The van der Waals surface area contributed by atoms with Crippen molar-refractivity contribution in [2.45, 2.75) is 40.2 Å². The molecule has 18 heavy (non-hydrogen) atoms. The Hall–Kier alpha value is -0.800. The molecule has 2 nitrogen and oxygen atoms in total. The molecule has 0 aliphatic heterocycles. The molecule has 2 aromatic rings. The van der Waals surface area contributed by atoms with E-state index in [0.717, 1.165) is 41.7 Å². The van der Waals surface area contributed by atoms with Crippen molar-refractivity contribution in [1.82, 2.24) is 5.32 Å². The Labute approximate surface area is 117 Å². The normalized spacial score (nSPS) is 11.3. The molecule has 0 saturated carbocycles. The van der Waals surface area contributed by atoms with Crippen LogP contribution in [-0.2, 0) is 13.0 Å². The number of aryl methyl sites for hydroxylation is 2. The lowest BCUT2D eigenvalue weighted by Crippen LogP contribution is -2.14. The predicted octanol–water partition coefficient (Wildman–Crippen LogP) is 4.57. The number of benzene rings is 1. The highest BCUT2D eigenvalue weighted by molar-refractivity contribution is 9.10. The summed E-state index contributed by atoms with van der Waals surface area (Å²) in [6.07, 6.45) is 2.15. The molecular formula is C15H20BrNO. The van der Waals surface area contributed by atoms with Gasteiger partial charge in [0.25, 0.3) is 0 Å². The lowest BCUT2D eigenvalue weighted by Gasteiger charge is -2.02. The van der Waals surface area contributed by atoms with Gasteiger partial charge in [0.1, 0.15) is 11.3 Å². The third-order valence-corrected chi connectivity index (χ3v) is 3.65. The van der Waals surface area contributed by atoms with E-state index in [1.54, 1.807) is 0 Å². The van der Waals surface area contributed by atoms with Gasteiger partial charge in [-0.2, -0.15) is 0 Å². The molecule has 0 aliphatic rings. The van der Waals surface area contributed by atoms with Crippen LogP contribution < -0.4 is 5.32 Å². The molecule has 3 heteroatoms. The van der Waals surface area contributed by atoms with Crippen LogP contribution in [0, 0.1) is 6.92 Å². The zero-order valence-electron chi connectivity index (χ0n) is 11.3. The molecular weight excluding hydrogens is 290 g/mol. The van der Waals surface area contributed by atoms with Crippen LogP contribution in [-0.4, -0.2) is 6.54 Å². The van der Waals surface area contributed by atoms with Crippen molar-refractivity contribution in [2.75, 3.05) is 6.54 Å². The highest BCUT2D eigenvalue weighted by Gasteiger charge is 2.14. The van der Waals surface area contributed by atoms with Crippen LogP contribution in [0.2, 0.25) is 0 Å². The molecule has 1 N–H and O–H groups in total. The van der Waals surface area contributed by atoms with Gasteiger partial charge in [-0.05, 0) is 44.0 Å². The first-order valence-electron chi connectivity index (χ1n) is 6.58. The van der Waals surface area contributed by atoms with Crippen molar-refractivity contribution in [3.63, 3.8) is 0 Å². The summed E-state index contributed by atoms with van der Waals surface area (Å²) in [7, 11) is 0. The monoisotopic (exact) mass is 309 g/mol. The van der Waals surface area contributed by atoms with E-state index in [-0.39, 0.29) is 0 Å². The lowest BCUT2D eigenvalue weighted by molar-refractivity contribution is 0.507. The maximum Gasteiger partial charge on any atom is 0.137 e. The summed E-state index contributed by atoms with van der Waals surface area (Å²) >= 11 is 3.56. The Morgan fingerprint density at radius 3 is 2.72 bits per heavy atom. The van der Waals surface area contributed by atoms with E-state index in [0.29, 0.717) is 0 Å². The highest BCUT2D eigenvalue weighted by atomic mass is 79.9. The van der Waals surface area contributed by atoms with Gasteiger partial charge in [-0.1, -0.05) is 29.8 Å². The smallest absolute Gasteiger partial charge is 0.137 e. The van der Waals surface area contributed by atoms with Crippen LogP contribution in [0.4, 0.5) is 0 Å². The van der Waals surface area contributed by atoms with Gasteiger partial charge in [-0.25, -0.2) is 0 Å². The number of fused-ring (bicyclic) bond motifs is 1. The summed E-state index contributed by atoms with van der Waals surface area (Å²) in [6.45, 7) is 8.31. The van der Waals surface area contributed by atoms with Gasteiger partial charge in [0, 0.05) is 15.4 Å². The summed E-state index contributed by atoms with van der Waals surface area (Å²) in [5.41, 5.74) is 3.55. The van der Waals surface area contributed by atoms with E-state index >= 15 is 0 Å². The summed E-state index contributed by atoms with van der Waals surface area (Å²) in [5.74, 6) is 1.09. The first-order valence-corrected chi connectivity index (χ1v) is 7.37. The minimum absolute atomic E-state index is 0.822. The minimum Gasteiger partial charge on any atom is -0.459 e. The Morgan fingerprint density at radius 1 is 1.28 bits per heavy atom. The number of hydrogen-bond donors (Lipinski definition) is 1.